The minimum atomic E-state index is 0.627. The van der Waals surface area contributed by atoms with Gasteiger partial charge in [0.1, 0.15) is 0 Å². The second-order valence-electron chi connectivity index (χ2n) is 2.93. The molecule has 0 bridgehead atoms. The van der Waals surface area contributed by atoms with Gasteiger partial charge in [0, 0.05) is 11.5 Å². The van der Waals surface area contributed by atoms with E-state index in [1.54, 1.807) is 6.26 Å². The van der Waals surface area contributed by atoms with Crippen molar-refractivity contribution in [3.8, 4) is 5.88 Å². The van der Waals surface area contributed by atoms with E-state index in [1.807, 2.05) is 49.4 Å². The van der Waals surface area contributed by atoms with Crippen LogP contribution in [0, 0.1) is 0 Å². The van der Waals surface area contributed by atoms with Crippen LogP contribution in [0.15, 0.2) is 48.7 Å². The van der Waals surface area contributed by atoms with Crippen molar-refractivity contribution in [2.24, 2.45) is 0 Å². The monoisotopic (exact) mass is 185 g/mol. The van der Waals surface area contributed by atoms with E-state index in [-0.39, 0.29) is 0 Å². The molecule has 0 aliphatic heterocycles. The Kier molecular flexibility index (Phi) is 2.45. The third-order valence-electron chi connectivity index (χ3n) is 1.90. The highest BCUT2D eigenvalue weighted by Crippen LogP contribution is 2.15. The van der Waals surface area contributed by atoms with Crippen molar-refractivity contribution >= 4 is 10.9 Å². The molecule has 0 aliphatic rings. The summed E-state index contributed by atoms with van der Waals surface area (Å²) in [5.74, 6) is 0.627. The predicted octanol–water partition coefficient (Wildman–Crippen LogP) is 3.15. The number of para-hydroxylation sites is 1. The molecule has 1 aromatic carbocycles. The molecule has 2 heteroatoms. The van der Waals surface area contributed by atoms with Gasteiger partial charge in [0.25, 0.3) is 0 Å². The van der Waals surface area contributed by atoms with Gasteiger partial charge in [0.15, 0.2) is 0 Å². The Labute approximate surface area is 82.9 Å². The van der Waals surface area contributed by atoms with Crippen LogP contribution in [0.1, 0.15) is 6.92 Å². The molecule has 0 aliphatic carbocycles. The number of aromatic nitrogens is 1. The smallest absolute Gasteiger partial charge is 0.218 e. The second-order valence-corrected chi connectivity index (χ2v) is 2.93. The Morgan fingerprint density at radius 1 is 1.14 bits per heavy atom. The SMILES string of the molecule is CC=COc1ccc2ccccc2n1. The number of benzene rings is 1. The molecule has 1 heterocycles. The summed E-state index contributed by atoms with van der Waals surface area (Å²) in [6.45, 7) is 1.90. The number of hydrogen-bond donors (Lipinski definition) is 0. The van der Waals surface area contributed by atoms with Crippen molar-refractivity contribution in [1.82, 2.24) is 4.98 Å². The molecule has 0 spiro atoms. The first-order valence-electron chi connectivity index (χ1n) is 4.54. The molecule has 0 N–H and O–H groups in total. The largest absolute Gasteiger partial charge is 0.447 e. The summed E-state index contributed by atoms with van der Waals surface area (Å²) in [4.78, 5) is 4.34. The Hall–Kier alpha value is -1.83. The molecule has 0 unspecified atom stereocenters. The summed E-state index contributed by atoms with van der Waals surface area (Å²) in [6, 6.07) is 11.8. The van der Waals surface area contributed by atoms with Crippen LogP contribution in [0.25, 0.3) is 10.9 Å². The molecule has 0 saturated heterocycles. The molecule has 0 atom stereocenters. The van der Waals surface area contributed by atoms with E-state index in [4.69, 9.17) is 4.74 Å². The molecule has 1 aromatic heterocycles. The van der Waals surface area contributed by atoms with E-state index < -0.39 is 0 Å². The molecular weight excluding hydrogens is 174 g/mol. The van der Waals surface area contributed by atoms with Gasteiger partial charge in [-0.1, -0.05) is 24.3 Å². The fraction of sp³-hybridized carbons (Fsp3) is 0.0833. The topological polar surface area (TPSA) is 22.1 Å². The lowest BCUT2D eigenvalue weighted by molar-refractivity contribution is 0.462. The summed E-state index contributed by atoms with van der Waals surface area (Å²) in [6.07, 6.45) is 3.45. The third-order valence-corrected chi connectivity index (χ3v) is 1.90. The number of ether oxygens (including phenoxy) is 1. The normalized spacial score (nSPS) is 10.9. The fourth-order valence-electron chi connectivity index (χ4n) is 1.25. The van der Waals surface area contributed by atoms with Crippen LogP contribution in [-0.4, -0.2) is 4.98 Å². The Morgan fingerprint density at radius 3 is 2.86 bits per heavy atom. The van der Waals surface area contributed by atoms with Gasteiger partial charge in [-0.2, -0.15) is 0 Å². The van der Waals surface area contributed by atoms with Crippen molar-refractivity contribution in [1.29, 1.82) is 0 Å². The number of hydrogen-bond acceptors (Lipinski definition) is 2. The van der Waals surface area contributed by atoms with Gasteiger partial charge < -0.3 is 4.74 Å². The standard InChI is InChI=1S/C12H11NO/c1-2-9-14-12-8-7-10-5-3-4-6-11(10)13-12/h2-9H,1H3. The number of allylic oxidation sites excluding steroid dienone is 1. The molecule has 0 saturated carbocycles. The van der Waals surface area contributed by atoms with Crippen LogP contribution in [0.3, 0.4) is 0 Å². The lowest BCUT2D eigenvalue weighted by Crippen LogP contribution is -1.86. The molecular formula is C12H11NO. The molecule has 0 amide bonds. The van der Waals surface area contributed by atoms with Crippen LogP contribution in [0.4, 0.5) is 0 Å². The highest BCUT2D eigenvalue weighted by molar-refractivity contribution is 5.78. The van der Waals surface area contributed by atoms with Crippen molar-refractivity contribution < 1.29 is 4.74 Å². The van der Waals surface area contributed by atoms with Crippen molar-refractivity contribution in [3.63, 3.8) is 0 Å². The van der Waals surface area contributed by atoms with E-state index >= 15 is 0 Å². The lowest BCUT2D eigenvalue weighted by atomic mass is 10.2. The summed E-state index contributed by atoms with van der Waals surface area (Å²) in [5.41, 5.74) is 0.953. The van der Waals surface area contributed by atoms with Gasteiger partial charge in [0.05, 0.1) is 11.8 Å². The Bertz CT molecular complexity index is 463. The number of nitrogens with zero attached hydrogens (tertiary/aromatic N) is 1. The quantitative estimate of drug-likeness (QED) is 0.670. The van der Waals surface area contributed by atoms with Gasteiger partial charge in [-0.25, -0.2) is 4.98 Å². The summed E-state index contributed by atoms with van der Waals surface area (Å²) in [5, 5.41) is 1.13. The summed E-state index contributed by atoms with van der Waals surface area (Å²) >= 11 is 0. The van der Waals surface area contributed by atoms with Gasteiger partial charge >= 0.3 is 0 Å². The second kappa shape index (κ2) is 3.92. The molecule has 70 valence electrons. The van der Waals surface area contributed by atoms with E-state index in [2.05, 4.69) is 4.98 Å². The van der Waals surface area contributed by atoms with Gasteiger partial charge in [0.2, 0.25) is 5.88 Å². The van der Waals surface area contributed by atoms with Gasteiger partial charge in [-0.05, 0) is 19.1 Å². The van der Waals surface area contributed by atoms with E-state index in [1.165, 1.54) is 0 Å². The zero-order valence-electron chi connectivity index (χ0n) is 7.97. The molecule has 2 nitrogen and oxygen atoms in total. The first-order valence-corrected chi connectivity index (χ1v) is 4.54. The Balaban J connectivity index is 2.41. The maximum absolute atomic E-state index is 5.27. The van der Waals surface area contributed by atoms with E-state index in [9.17, 15) is 0 Å². The minimum Gasteiger partial charge on any atom is -0.447 e. The first-order chi connectivity index (χ1) is 6.90. The van der Waals surface area contributed by atoms with Crippen LogP contribution >= 0.6 is 0 Å². The predicted molar refractivity (Wildman–Crippen MR) is 57.2 cm³/mol. The average molecular weight is 185 g/mol. The fourth-order valence-corrected chi connectivity index (χ4v) is 1.25. The van der Waals surface area contributed by atoms with Crippen LogP contribution in [0.2, 0.25) is 0 Å². The Morgan fingerprint density at radius 2 is 2.00 bits per heavy atom. The van der Waals surface area contributed by atoms with Crippen molar-refractivity contribution in [2.45, 2.75) is 6.92 Å². The molecule has 0 radical (unpaired) electrons. The van der Waals surface area contributed by atoms with Crippen molar-refractivity contribution in [2.75, 3.05) is 0 Å². The molecule has 14 heavy (non-hydrogen) atoms. The summed E-state index contributed by atoms with van der Waals surface area (Å²) < 4.78 is 5.27. The zero-order valence-corrected chi connectivity index (χ0v) is 7.97. The van der Waals surface area contributed by atoms with E-state index in [0.29, 0.717) is 5.88 Å². The minimum absolute atomic E-state index is 0.627. The number of pyridine rings is 1. The highest BCUT2D eigenvalue weighted by atomic mass is 16.5. The summed E-state index contributed by atoms with van der Waals surface area (Å²) in [7, 11) is 0. The van der Waals surface area contributed by atoms with Crippen molar-refractivity contribution in [3.05, 3.63) is 48.7 Å². The van der Waals surface area contributed by atoms with E-state index in [0.717, 1.165) is 10.9 Å². The molecule has 0 fully saturated rings. The van der Waals surface area contributed by atoms with Crippen LogP contribution in [0.5, 0.6) is 5.88 Å². The maximum atomic E-state index is 5.27. The zero-order chi connectivity index (χ0) is 9.80. The van der Waals surface area contributed by atoms with Crippen LogP contribution in [-0.2, 0) is 0 Å². The molecule has 2 aromatic rings. The van der Waals surface area contributed by atoms with Crippen LogP contribution < -0.4 is 4.74 Å². The number of fused-ring (bicyclic) bond motifs is 1. The lowest BCUT2D eigenvalue weighted by Gasteiger charge is -2.00. The third kappa shape index (κ3) is 1.74. The van der Waals surface area contributed by atoms with Gasteiger partial charge in [-0.15, -0.1) is 0 Å². The molecule has 2 rings (SSSR count). The highest BCUT2D eigenvalue weighted by Gasteiger charge is 1.95. The first kappa shape index (κ1) is 8.75. The maximum Gasteiger partial charge on any atom is 0.218 e. The van der Waals surface area contributed by atoms with Gasteiger partial charge in [-0.3, -0.25) is 0 Å². The number of rotatable bonds is 2. The average Bonchev–Trinajstić information content (AvgIpc) is 2.26.